The fourth-order valence-electron chi connectivity index (χ4n) is 1.92. The molecule has 0 unspecified atom stereocenters. The van der Waals surface area contributed by atoms with Crippen LogP contribution in [0.4, 0.5) is 0 Å². The normalized spacial score (nSPS) is 11.5. The lowest BCUT2D eigenvalue weighted by molar-refractivity contribution is 0.0950. The van der Waals surface area contributed by atoms with Gasteiger partial charge in [-0.3, -0.25) is 9.59 Å². The van der Waals surface area contributed by atoms with E-state index in [-0.39, 0.29) is 16.9 Å². The largest absolute Gasteiger partial charge is 0.346 e. The number of aromatic nitrogens is 2. The summed E-state index contributed by atoms with van der Waals surface area (Å²) in [6.07, 6.45) is 0.678. The molecule has 0 atom stereocenters. The van der Waals surface area contributed by atoms with Crippen LogP contribution in [-0.4, -0.2) is 15.9 Å². The van der Waals surface area contributed by atoms with Crippen molar-refractivity contribution < 1.29 is 4.79 Å². The molecule has 118 valence electrons. The molecular formula is C16H21N3O2S. The van der Waals surface area contributed by atoms with Crippen molar-refractivity contribution in [1.82, 2.24) is 15.3 Å². The summed E-state index contributed by atoms with van der Waals surface area (Å²) in [7, 11) is 0. The molecule has 0 saturated carbocycles. The van der Waals surface area contributed by atoms with Crippen LogP contribution < -0.4 is 10.9 Å². The molecule has 2 heterocycles. The maximum absolute atomic E-state index is 12.2. The van der Waals surface area contributed by atoms with Crippen LogP contribution in [0.15, 0.2) is 22.3 Å². The van der Waals surface area contributed by atoms with Gasteiger partial charge in [0.25, 0.3) is 5.91 Å². The monoisotopic (exact) mass is 319 g/mol. The summed E-state index contributed by atoms with van der Waals surface area (Å²) in [5, 5.41) is 5.69. The Morgan fingerprint density at radius 2 is 2.09 bits per heavy atom. The van der Waals surface area contributed by atoms with Gasteiger partial charge >= 0.3 is 0 Å². The molecule has 0 saturated heterocycles. The van der Waals surface area contributed by atoms with Gasteiger partial charge in [-0.2, -0.15) is 0 Å². The van der Waals surface area contributed by atoms with E-state index < -0.39 is 0 Å². The number of pyridine rings is 1. The summed E-state index contributed by atoms with van der Waals surface area (Å²) in [6.45, 7) is 8.61. The van der Waals surface area contributed by atoms with Gasteiger partial charge in [-0.1, -0.05) is 27.7 Å². The summed E-state index contributed by atoms with van der Waals surface area (Å²) in [6, 6.07) is 3.02. The Labute approximate surface area is 133 Å². The van der Waals surface area contributed by atoms with E-state index in [9.17, 15) is 9.59 Å². The third-order valence-corrected chi connectivity index (χ3v) is 4.11. The van der Waals surface area contributed by atoms with Gasteiger partial charge in [-0.05, 0) is 12.5 Å². The molecule has 0 radical (unpaired) electrons. The second-order valence-corrected chi connectivity index (χ2v) is 7.11. The number of H-pyrrole nitrogens is 1. The van der Waals surface area contributed by atoms with Crippen LogP contribution in [0.2, 0.25) is 0 Å². The van der Waals surface area contributed by atoms with Gasteiger partial charge in [-0.25, -0.2) is 4.98 Å². The number of aryl methyl sites for hydroxylation is 1. The van der Waals surface area contributed by atoms with Crippen LogP contribution in [0, 0.1) is 0 Å². The van der Waals surface area contributed by atoms with Crippen molar-refractivity contribution in [2.24, 2.45) is 0 Å². The van der Waals surface area contributed by atoms with Crippen molar-refractivity contribution in [3.8, 4) is 0 Å². The van der Waals surface area contributed by atoms with Crippen molar-refractivity contribution in [3.63, 3.8) is 0 Å². The van der Waals surface area contributed by atoms with Crippen LogP contribution in [0.1, 0.15) is 54.4 Å². The van der Waals surface area contributed by atoms with Crippen molar-refractivity contribution in [1.29, 1.82) is 0 Å². The van der Waals surface area contributed by atoms with Gasteiger partial charge in [0.2, 0.25) is 5.56 Å². The molecule has 0 aliphatic rings. The molecule has 0 aromatic carbocycles. The summed E-state index contributed by atoms with van der Waals surface area (Å²) < 4.78 is 0. The molecular weight excluding hydrogens is 298 g/mol. The van der Waals surface area contributed by atoms with E-state index in [4.69, 9.17) is 0 Å². The standard InChI is InChI=1S/C16H21N3O2S/c1-5-11-6-10(7-13(20)18-11)15(21)17-8-14-19-12(9-22-14)16(2,3)4/h6-7,9H,5,8H2,1-4H3,(H,17,21)(H,18,20). The van der Waals surface area contributed by atoms with E-state index >= 15 is 0 Å². The first kappa shape index (κ1) is 16.4. The Morgan fingerprint density at radius 1 is 1.36 bits per heavy atom. The third kappa shape index (κ3) is 4.04. The summed E-state index contributed by atoms with van der Waals surface area (Å²) in [5.41, 5.74) is 1.90. The lowest BCUT2D eigenvalue weighted by Gasteiger charge is -2.14. The lowest BCUT2D eigenvalue weighted by atomic mass is 9.93. The zero-order valence-electron chi connectivity index (χ0n) is 13.3. The number of hydrogen-bond donors (Lipinski definition) is 2. The molecule has 1 amide bonds. The summed E-state index contributed by atoms with van der Waals surface area (Å²) in [5.74, 6) is -0.256. The van der Waals surface area contributed by atoms with E-state index in [1.54, 1.807) is 6.07 Å². The van der Waals surface area contributed by atoms with E-state index in [2.05, 4.69) is 36.1 Å². The predicted molar refractivity (Wildman–Crippen MR) is 88.4 cm³/mol. The zero-order valence-corrected chi connectivity index (χ0v) is 14.1. The van der Waals surface area contributed by atoms with E-state index in [0.717, 1.165) is 16.4 Å². The van der Waals surface area contributed by atoms with Crippen LogP contribution in [0.5, 0.6) is 0 Å². The van der Waals surface area contributed by atoms with Crippen LogP contribution >= 0.6 is 11.3 Å². The number of nitrogens with zero attached hydrogens (tertiary/aromatic N) is 1. The SMILES string of the molecule is CCc1cc(C(=O)NCc2nc(C(C)(C)C)cs2)cc(=O)[nH]1. The second kappa shape index (κ2) is 6.44. The minimum atomic E-state index is -0.256. The molecule has 22 heavy (non-hydrogen) atoms. The van der Waals surface area contributed by atoms with Gasteiger partial charge in [0.1, 0.15) is 5.01 Å². The molecule has 2 aromatic heterocycles. The Morgan fingerprint density at radius 3 is 2.68 bits per heavy atom. The van der Waals surface area contributed by atoms with Crippen molar-refractivity contribution in [3.05, 3.63) is 49.8 Å². The number of nitrogens with one attached hydrogen (secondary N) is 2. The molecule has 0 aliphatic carbocycles. The number of carbonyl (C=O) groups is 1. The number of thiazole rings is 1. The first-order valence-electron chi connectivity index (χ1n) is 7.26. The highest BCUT2D eigenvalue weighted by atomic mass is 32.1. The average Bonchev–Trinajstić information content (AvgIpc) is 2.93. The number of rotatable bonds is 4. The van der Waals surface area contributed by atoms with Gasteiger partial charge < -0.3 is 10.3 Å². The quantitative estimate of drug-likeness (QED) is 0.909. The predicted octanol–water partition coefficient (Wildman–Crippen LogP) is 2.62. The fourth-order valence-corrected chi connectivity index (χ4v) is 2.88. The number of aromatic amines is 1. The maximum atomic E-state index is 12.2. The van der Waals surface area contributed by atoms with E-state index in [1.807, 2.05) is 12.3 Å². The summed E-state index contributed by atoms with van der Waals surface area (Å²) in [4.78, 5) is 30.9. The minimum Gasteiger partial charge on any atom is -0.346 e. The van der Waals surface area contributed by atoms with Gasteiger partial charge in [0.15, 0.2) is 0 Å². The highest BCUT2D eigenvalue weighted by Crippen LogP contribution is 2.23. The molecule has 0 spiro atoms. The fraction of sp³-hybridized carbons (Fsp3) is 0.438. The number of hydrogen-bond acceptors (Lipinski definition) is 4. The zero-order chi connectivity index (χ0) is 16.3. The van der Waals surface area contributed by atoms with Gasteiger partial charge in [-0.15, -0.1) is 11.3 Å². The topological polar surface area (TPSA) is 74.8 Å². The Bertz CT molecular complexity index is 725. The Kier molecular flexibility index (Phi) is 4.81. The Hall–Kier alpha value is -1.95. The first-order chi connectivity index (χ1) is 10.3. The number of amides is 1. The third-order valence-electron chi connectivity index (χ3n) is 3.26. The van der Waals surface area contributed by atoms with E-state index in [1.165, 1.54) is 17.4 Å². The molecule has 0 bridgehead atoms. The van der Waals surface area contributed by atoms with Crippen LogP contribution in [0.25, 0.3) is 0 Å². The smallest absolute Gasteiger partial charge is 0.251 e. The molecule has 6 heteroatoms. The first-order valence-corrected chi connectivity index (χ1v) is 8.14. The highest BCUT2D eigenvalue weighted by molar-refractivity contribution is 7.09. The molecule has 2 aromatic rings. The second-order valence-electron chi connectivity index (χ2n) is 6.17. The van der Waals surface area contributed by atoms with Crippen molar-refractivity contribution >= 4 is 17.2 Å². The maximum Gasteiger partial charge on any atom is 0.251 e. The lowest BCUT2D eigenvalue weighted by Crippen LogP contribution is -2.25. The Balaban J connectivity index is 2.05. The van der Waals surface area contributed by atoms with Gasteiger partial charge in [0, 0.05) is 28.1 Å². The minimum absolute atomic E-state index is 0.00150. The molecule has 2 rings (SSSR count). The molecule has 0 fully saturated rings. The van der Waals surface area contributed by atoms with Crippen molar-refractivity contribution in [2.45, 2.75) is 46.1 Å². The number of carbonyl (C=O) groups excluding carboxylic acids is 1. The van der Waals surface area contributed by atoms with E-state index in [0.29, 0.717) is 18.5 Å². The van der Waals surface area contributed by atoms with Crippen LogP contribution in [0.3, 0.4) is 0 Å². The van der Waals surface area contributed by atoms with Crippen molar-refractivity contribution in [2.75, 3.05) is 0 Å². The molecule has 2 N–H and O–H groups in total. The highest BCUT2D eigenvalue weighted by Gasteiger charge is 2.17. The molecule has 0 aliphatic heterocycles. The van der Waals surface area contributed by atoms with Crippen LogP contribution in [-0.2, 0) is 18.4 Å². The van der Waals surface area contributed by atoms with Gasteiger partial charge in [0.05, 0.1) is 12.2 Å². The summed E-state index contributed by atoms with van der Waals surface area (Å²) >= 11 is 1.53. The molecule has 5 nitrogen and oxygen atoms in total. The average molecular weight is 319 g/mol.